The summed E-state index contributed by atoms with van der Waals surface area (Å²) in [6.45, 7) is 3.08. The van der Waals surface area contributed by atoms with Gasteiger partial charge in [-0.05, 0) is 38.7 Å². The predicted octanol–water partition coefficient (Wildman–Crippen LogP) is 2.87. The number of nitrogens with zero attached hydrogens (tertiary/aromatic N) is 2. The van der Waals surface area contributed by atoms with E-state index in [0.29, 0.717) is 10.8 Å². The highest BCUT2D eigenvalue weighted by Crippen LogP contribution is 2.31. The van der Waals surface area contributed by atoms with E-state index in [1.54, 1.807) is 24.3 Å². The third-order valence-corrected chi connectivity index (χ3v) is 5.86. The number of hydrogen-bond acceptors (Lipinski definition) is 5. The van der Waals surface area contributed by atoms with E-state index in [0.717, 1.165) is 32.4 Å². The van der Waals surface area contributed by atoms with Crippen molar-refractivity contribution in [3.63, 3.8) is 0 Å². The number of allylic oxidation sites excluding steroid dienone is 2. The van der Waals surface area contributed by atoms with Crippen molar-refractivity contribution in [1.82, 2.24) is 4.68 Å². The molecule has 2 aliphatic rings. The normalized spacial score (nSPS) is 19.9. The molecule has 1 saturated heterocycles. The fourth-order valence-corrected chi connectivity index (χ4v) is 3.94. The first-order valence-electron chi connectivity index (χ1n) is 10.6. The van der Waals surface area contributed by atoms with Crippen LogP contribution in [0.3, 0.4) is 0 Å². The maximum Gasteiger partial charge on any atom is 0.337 e. The summed E-state index contributed by atoms with van der Waals surface area (Å²) in [5, 5.41) is 29.7. The number of carbonyl (C=O) groups is 3. The van der Waals surface area contributed by atoms with Gasteiger partial charge in [-0.1, -0.05) is 36.4 Å². The SMILES string of the molecule is CC1(C(=O)O)C=CC=C(C(=O)O)C1.O=C(O)c1cn(N2CCCCC2)c(=O)c2ccccc12. The Hall–Kier alpha value is -3.88. The average molecular weight is 454 g/mol. The first-order valence-corrected chi connectivity index (χ1v) is 10.6. The molecule has 0 amide bonds. The molecule has 9 heteroatoms. The molecule has 4 rings (SSSR count). The third-order valence-electron chi connectivity index (χ3n) is 5.86. The summed E-state index contributed by atoms with van der Waals surface area (Å²) >= 11 is 0. The van der Waals surface area contributed by atoms with Gasteiger partial charge in [0.25, 0.3) is 5.56 Å². The Balaban J connectivity index is 0.000000205. The van der Waals surface area contributed by atoms with Gasteiger partial charge in [0.15, 0.2) is 0 Å². The van der Waals surface area contributed by atoms with E-state index in [4.69, 9.17) is 10.2 Å². The van der Waals surface area contributed by atoms with Crippen LogP contribution in [0.2, 0.25) is 0 Å². The number of aromatic nitrogens is 1. The fraction of sp³-hybridized carbons (Fsp3) is 0.333. The van der Waals surface area contributed by atoms with E-state index in [2.05, 4.69) is 0 Å². The predicted molar refractivity (Wildman–Crippen MR) is 122 cm³/mol. The Morgan fingerprint density at radius 2 is 1.58 bits per heavy atom. The van der Waals surface area contributed by atoms with E-state index in [9.17, 15) is 24.3 Å². The number of carboxylic acid groups (broad SMARTS) is 3. The second kappa shape index (κ2) is 9.72. The van der Waals surface area contributed by atoms with E-state index in [-0.39, 0.29) is 23.1 Å². The molecule has 9 nitrogen and oxygen atoms in total. The van der Waals surface area contributed by atoms with Crippen LogP contribution in [0.5, 0.6) is 0 Å². The summed E-state index contributed by atoms with van der Waals surface area (Å²) in [7, 11) is 0. The number of aromatic carboxylic acids is 1. The molecule has 1 atom stereocenters. The summed E-state index contributed by atoms with van der Waals surface area (Å²) in [4.78, 5) is 45.3. The Labute approximate surface area is 189 Å². The van der Waals surface area contributed by atoms with Gasteiger partial charge in [0.1, 0.15) is 0 Å². The highest BCUT2D eigenvalue weighted by atomic mass is 16.4. The van der Waals surface area contributed by atoms with Crippen LogP contribution in [0.25, 0.3) is 10.8 Å². The van der Waals surface area contributed by atoms with Gasteiger partial charge in [0.2, 0.25) is 0 Å². The van der Waals surface area contributed by atoms with Crippen molar-refractivity contribution in [2.24, 2.45) is 5.41 Å². The highest BCUT2D eigenvalue weighted by molar-refractivity contribution is 6.03. The van der Waals surface area contributed by atoms with Gasteiger partial charge in [-0.15, -0.1) is 0 Å². The van der Waals surface area contributed by atoms with Crippen molar-refractivity contribution in [2.75, 3.05) is 18.1 Å². The first-order chi connectivity index (χ1) is 15.6. The van der Waals surface area contributed by atoms with Crippen LogP contribution in [0.15, 0.2) is 59.1 Å². The summed E-state index contributed by atoms with van der Waals surface area (Å²) in [6.07, 6.45) is 9.11. The number of rotatable bonds is 4. The molecule has 1 aliphatic heterocycles. The minimum Gasteiger partial charge on any atom is -0.481 e. The molecule has 1 unspecified atom stereocenters. The molecule has 0 bridgehead atoms. The summed E-state index contributed by atoms with van der Waals surface area (Å²) in [6, 6.07) is 6.88. The lowest BCUT2D eigenvalue weighted by Gasteiger charge is -2.30. The van der Waals surface area contributed by atoms with E-state index in [1.165, 1.54) is 36.0 Å². The molecule has 0 radical (unpaired) electrons. The average Bonchev–Trinajstić information content (AvgIpc) is 2.80. The Kier molecular flexibility index (Phi) is 7.01. The maximum absolute atomic E-state index is 12.5. The first kappa shape index (κ1) is 23.8. The van der Waals surface area contributed by atoms with Crippen LogP contribution in [0.1, 0.15) is 43.0 Å². The number of carboxylic acids is 3. The molecule has 1 fully saturated rings. The monoisotopic (exact) mass is 454 g/mol. The third kappa shape index (κ3) is 5.14. The zero-order chi connectivity index (χ0) is 24.2. The molecule has 0 spiro atoms. The van der Waals surface area contributed by atoms with Crippen LogP contribution < -0.4 is 10.6 Å². The van der Waals surface area contributed by atoms with E-state index in [1.807, 2.05) is 5.01 Å². The van der Waals surface area contributed by atoms with E-state index >= 15 is 0 Å². The van der Waals surface area contributed by atoms with Crippen molar-refractivity contribution < 1.29 is 29.7 Å². The highest BCUT2D eigenvalue weighted by Gasteiger charge is 2.34. The smallest absolute Gasteiger partial charge is 0.337 e. The van der Waals surface area contributed by atoms with Gasteiger partial charge >= 0.3 is 17.9 Å². The van der Waals surface area contributed by atoms with Gasteiger partial charge < -0.3 is 20.3 Å². The fourth-order valence-electron chi connectivity index (χ4n) is 3.94. The molecule has 1 aromatic carbocycles. The van der Waals surface area contributed by atoms with Crippen LogP contribution in [-0.4, -0.2) is 51.0 Å². The van der Waals surface area contributed by atoms with Crippen molar-refractivity contribution >= 4 is 28.7 Å². The van der Waals surface area contributed by atoms with Crippen molar-refractivity contribution in [2.45, 2.75) is 32.6 Å². The van der Waals surface area contributed by atoms with Crippen molar-refractivity contribution in [3.8, 4) is 0 Å². The minimum absolute atomic E-state index is 0.0359. The van der Waals surface area contributed by atoms with Gasteiger partial charge in [-0.3, -0.25) is 9.59 Å². The largest absolute Gasteiger partial charge is 0.481 e. The summed E-state index contributed by atoms with van der Waals surface area (Å²) in [5.74, 6) is -3.07. The quantitative estimate of drug-likeness (QED) is 0.641. The molecule has 1 aromatic heterocycles. The van der Waals surface area contributed by atoms with Crippen molar-refractivity contribution in [3.05, 3.63) is 70.2 Å². The zero-order valence-electron chi connectivity index (χ0n) is 18.2. The lowest BCUT2D eigenvalue weighted by molar-refractivity contribution is -0.145. The van der Waals surface area contributed by atoms with Gasteiger partial charge in [0.05, 0.1) is 11.0 Å². The van der Waals surface area contributed by atoms with E-state index < -0.39 is 23.3 Å². The molecule has 3 N–H and O–H groups in total. The molecule has 2 heterocycles. The molecule has 0 saturated carbocycles. The van der Waals surface area contributed by atoms with Crippen LogP contribution in [-0.2, 0) is 9.59 Å². The van der Waals surface area contributed by atoms with Gasteiger partial charge in [0, 0.05) is 35.6 Å². The Morgan fingerprint density at radius 3 is 2.15 bits per heavy atom. The number of pyridine rings is 1. The molecule has 2 aromatic rings. The Bertz CT molecular complexity index is 1210. The number of fused-ring (bicyclic) bond motifs is 1. The zero-order valence-corrected chi connectivity index (χ0v) is 18.2. The topological polar surface area (TPSA) is 137 Å². The van der Waals surface area contributed by atoms with Crippen LogP contribution >= 0.6 is 0 Å². The second-order valence-corrected chi connectivity index (χ2v) is 8.31. The number of hydrogen-bond donors (Lipinski definition) is 3. The lowest BCUT2D eigenvalue weighted by Crippen LogP contribution is -2.45. The lowest BCUT2D eigenvalue weighted by atomic mass is 9.80. The summed E-state index contributed by atoms with van der Waals surface area (Å²) in [5.41, 5.74) is -0.923. The standard InChI is InChI=1S/C15H16N2O3.C9H10O4/c18-14-12-7-3-2-6-11(12)13(15(19)20)10-17(14)16-8-4-1-5-9-16;1-9(8(12)13)4-2-3-6(5-9)7(10)11/h2-3,6-7,10H,1,4-5,8-9H2,(H,19,20);2-4H,5H2,1H3,(H,10,11)(H,12,13). The maximum atomic E-state index is 12.5. The molecular formula is C24H26N2O7. The molecule has 1 aliphatic carbocycles. The van der Waals surface area contributed by atoms with Gasteiger partial charge in [-0.2, -0.15) is 0 Å². The Morgan fingerprint density at radius 1 is 0.939 bits per heavy atom. The summed E-state index contributed by atoms with van der Waals surface area (Å²) < 4.78 is 1.48. The van der Waals surface area contributed by atoms with Crippen LogP contribution in [0, 0.1) is 5.41 Å². The molecule has 33 heavy (non-hydrogen) atoms. The molecular weight excluding hydrogens is 428 g/mol. The second-order valence-electron chi connectivity index (χ2n) is 8.31. The number of aliphatic carboxylic acids is 2. The number of benzene rings is 1. The number of piperidine rings is 1. The van der Waals surface area contributed by atoms with Crippen molar-refractivity contribution in [1.29, 1.82) is 0 Å². The molecule has 174 valence electrons. The van der Waals surface area contributed by atoms with Gasteiger partial charge in [-0.25, -0.2) is 14.3 Å². The van der Waals surface area contributed by atoms with Crippen LogP contribution in [0.4, 0.5) is 0 Å². The minimum atomic E-state index is -1.08.